The largest absolute Gasteiger partial charge is 0.496 e. The van der Waals surface area contributed by atoms with Crippen LogP contribution in [0, 0.1) is 0 Å². The van der Waals surface area contributed by atoms with Crippen LogP contribution in [0.1, 0.15) is 23.2 Å². The van der Waals surface area contributed by atoms with Gasteiger partial charge in [0.2, 0.25) is 5.88 Å². The number of nitrogens with one attached hydrogen (secondary N) is 1. The van der Waals surface area contributed by atoms with E-state index in [9.17, 15) is 4.79 Å². The number of para-hydroxylation sites is 1. The minimum absolute atomic E-state index is 0.206. The Morgan fingerprint density at radius 2 is 1.96 bits per heavy atom. The quantitative estimate of drug-likeness (QED) is 0.906. The Balaban J connectivity index is 1.60. The number of ether oxygens (including phenoxy) is 2. The van der Waals surface area contributed by atoms with Crippen molar-refractivity contribution in [3.8, 4) is 11.6 Å². The monoisotopic (exact) mass is 341 g/mol. The minimum Gasteiger partial charge on any atom is -0.496 e. The van der Waals surface area contributed by atoms with Gasteiger partial charge in [0, 0.05) is 19.2 Å². The van der Waals surface area contributed by atoms with Gasteiger partial charge in [-0.05, 0) is 38.1 Å². The number of hydrogen-bond donors (Lipinski definition) is 1. The number of aromatic nitrogens is 1. The maximum Gasteiger partial charge on any atom is 0.259 e. The van der Waals surface area contributed by atoms with E-state index in [1.54, 1.807) is 43.6 Å². The van der Waals surface area contributed by atoms with Crippen molar-refractivity contribution in [1.29, 1.82) is 0 Å². The number of hydrogen-bond acceptors (Lipinski definition) is 5. The van der Waals surface area contributed by atoms with Crippen molar-refractivity contribution < 1.29 is 14.3 Å². The molecule has 0 spiro atoms. The number of amides is 1. The van der Waals surface area contributed by atoms with Crippen molar-refractivity contribution in [2.24, 2.45) is 0 Å². The van der Waals surface area contributed by atoms with Gasteiger partial charge in [0.25, 0.3) is 5.91 Å². The lowest BCUT2D eigenvalue weighted by molar-refractivity contribution is 0.102. The molecule has 0 bridgehead atoms. The van der Waals surface area contributed by atoms with Crippen LogP contribution in [0.3, 0.4) is 0 Å². The first-order chi connectivity index (χ1) is 12.2. The van der Waals surface area contributed by atoms with Gasteiger partial charge in [-0.25, -0.2) is 4.98 Å². The normalized spacial score (nSPS) is 15.6. The van der Waals surface area contributed by atoms with Gasteiger partial charge in [-0.2, -0.15) is 0 Å². The van der Waals surface area contributed by atoms with Gasteiger partial charge >= 0.3 is 0 Å². The molecule has 0 radical (unpaired) electrons. The van der Waals surface area contributed by atoms with Crippen LogP contribution in [0.4, 0.5) is 5.69 Å². The summed E-state index contributed by atoms with van der Waals surface area (Å²) in [7, 11) is 3.66. The molecule has 0 saturated carbocycles. The van der Waals surface area contributed by atoms with Gasteiger partial charge in [-0.3, -0.25) is 4.79 Å². The van der Waals surface area contributed by atoms with Gasteiger partial charge < -0.3 is 19.7 Å². The van der Waals surface area contributed by atoms with Crippen molar-refractivity contribution in [3.63, 3.8) is 0 Å². The SMILES string of the molecule is COc1ccccc1C(=O)Nc1ccc(OC2CCN(C)CC2)nc1. The standard InChI is InChI=1S/C19H23N3O3/c1-22-11-9-15(10-12-22)25-18-8-7-14(13-20-18)21-19(23)16-5-3-4-6-17(16)24-2/h3-8,13,15H,9-12H2,1-2H3,(H,21,23). The zero-order valence-electron chi connectivity index (χ0n) is 14.6. The highest BCUT2D eigenvalue weighted by atomic mass is 16.5. The molecule has 6 nitrogen and oxygen atoms in total. The number of anilines is 1. The molecule has 132 valence electrons. The number of likely N-dealkylation sites (tertiary alicyclic amines) is 1. The summed E-state index contributed by atoms with van der Waals surface area (Å²) in [6.07, 6.45) is 3.82. The van der Waals surface area contributed by atoms with E-state index in [-0.39, 0.29) is 12.0 Å². The topological polar surface area (TPSA) is 63.7 Å². The van der Waals surface area contributed by atoms with Gasteiger partial charge in [-0.15, -0.1) is 0 Å². The van der Waals surface area contributed by atoms with Crippen LogP contribution < -0.4 is 14.8 Å². The second-order valence-electron chi connectivity index (χ2n) is 6.16. The number of carbonyl (C=O) groups is 1. The molecule has 0 aliphatic carbocycles. The van der Waals surface area contributed by atoms with E-state index in [1.165, 1.54) is 0 Å². The summed E-state index contributed by atoms with van der Waals surface area (Å²) in [5.41, 5.74) is 1.10. The highest BCUT2D eigenvalue weighted by Crippen LogP contribution is 2.21. The van der Waals surface area contributed by atoms with Crippen LogP contribution >= 0.6 is 0 Å². The molecule has 1 fully saturated rings. The van der Waals surface area contributed by atoms with Gasteiger partial charge in [0.05, 0.1) is 24.6 Å². The first-order valence-corrected chi connectivity index (χ1v) is 8.41. The van der Waals surface area contributed by atoms with E-state index < -0.39 is 0 Å². The summed E-state index contributed by atoms with van der Waals surface area (Å²) in [6.45, 7) is 2.08. The smallest absolute Gasteiger partial charge is 0.259 e. The Labute approximate surface area is 147 Å². The van der Waals surface area contributed by atoms with E-state index in [0.29, 0.717) is 22.9 Å². The van der Waals surface area contributed by atoms with Crippen LogP contribution in [0.15, 0.2) is 42.6 Å². The molecule has 1 aliphatic heterocycles. The predicted molar refractivity (Wildman–Crippen MR) is 96.3 cm³/mol. The number of pyridine rings is 1. The Morgan fingerprint density at radius 1 is 1.20 bits per heavy atom. The molecule has 1 amide bonds. The van der Waals surface area contributed by atoms with E-state index in [0.717, 1.165) is 25.9 Å². The Hall–Kier alpha value is -2.60. The molecule has 0 atom stereocenters. The van der Waals surface area contributed by atoms with E-state index in [4.69, 9.17) is 9.47 Å². The van der Waals surface area contributed by atoms with Crippen molar-refractivity contribution in [3.05, 3.63) is 48.2 Å². The van der Waals surface area contributed by atoms with E-state index in [1.807, 2.05) is 6.07 Å². The third-order valence-electron chi connectivity index (χ3n) is 4.30. The molecule has 6 heteroatoms. The van der Waals surface area contributed by atoms with Gasteiger partial charge in [0.1, 0.15) is 11.9 Å². The molecular formula is C19H23N3O3. The van der Waals surface area contributed by atoms with Gasteiger partial charge in [-0.1, -0.05) is 12.1 Å². The van der Waals surface area contributed by atoms with Crippen LogP contribution in [0.2, 0.25) is 0 Å². The zero-order valence-corrected chi connectivity index (χ0v) is 14.6. The molecule has 1 N–H and O–H groups in total. The summed E-state index contributed by atoms with van der Waals surface area (Å²) < 4.78 is 11.1. The highest BCUT2D eigenvalue weighted by molar-refractivity contribution is 6.06. The number of methoxy groups -OCH3 is 1. The van der Waals surface area contributed by atoms with Gasteiger partial charge in [0.15, 0.2) is 0 Å². The third-order valence-corrected chi connectivity index (χ3v) is 4.30. The lowest BCUT2D eigenvalue weighted by Gasteiger charge is -2.28. The minimum atomic E-state index is -0.233. The summed E-state index contributed by atoms with van der Waals surface area (Å²) in [5.74, 6) is 0.892. The molecule has 3 rings (SSSR count). The Bertz CT molecular complexity index is 710. The summed E-state index contributed by atoms with van der Waals surface area (Å²) in [5, 5.41) is 2.83. The molecule has 1 aromatic carbocycles. The van der Waals surface area contributed by atoms with Crippen LogP contribution in [-0.2, 0) is 0 Å². The van der Waals surface area contributed by atoms with Crippen LogP contribution in [0.25, 0.3) is 0 Å². The molecule has 25 heavy (non-hydrogen) atoms. The fourth-order valence-corrected chi connectivity index (χ4v) is 2.83. The Morgan fingerprint density at radius 3 is 2.64 bits per heavy atom. The molecule has 1 aromatic heterocycles. The van der Waals surface area contributed by atoms with Crippen LogP contribution in [0.5, 0.6) is 11.6 Å². The molecule has 1 saturated heterocycles. The second-order valence-corrected chi connectivity index (χ2v) is 6.16. The first-order valence-electron chi connectivity index (χ1n) is 8.41. The number of carbonyl (C=O) groups excluding carboxylic acids is 1. The molecule has 0 unspecified atom stereocenters. The number of rotatable bonds is 5. The average Bonchev–Trinajstić information content (AvgIpc) is 2.65. The summed E-state index contributed by atoms with van der Waals surface area (Å²) in [6, 6.07) is 10.7. The van der Waals surface area contributed by atoms with Crippen molar-refractivity contribution in [2.75, 3.05) is 32.6 Å². The maximum atomic E-state index is 12.4. The van der Waals surface area contributed by atoms with E-state index >= 15 is 0 Å². The lowest BCUT2D eigenvalue weighted by Crippen LogP contribution is -2.35. The van der Waals surface area contributed by atoms with Crippen molar-refractivity contribution >= 4 is 11.6 Å². The second kappa shape index (κ2) is 7.98. The van der Waals surface area contributed by atoms with E-state index in [2.05, 4.69) is 22.2 Å². The number of nitrogens with zero attached hydrogens (tertiary/aromatic N) is 2. The maximum absolute atomic E-state index is 12.4. The van der Waals surface area contributed by atoms with Crippen molar-refractivity contribution in [2.45, 2.75) is 18.9 Å². The highest BCUT2D eigenvalue weighted by Gasteiger charge is 2.18. The number of benzene rings is 1. The molecule has 1 aliphatic rings. The molecule has 2 aromatic rings. The Kier molecular flexibility index (Phi) is 5.50. The zero-order chi connectivity index (χ0) is 17.6. The molecular weight excluding hydrogens is 318 g/mol. The number of piperidine rings is 1. The predicted octanol–water partition coefficient (Wildman–Crippen LogP) is 2.82. The first kappa shape index (κ1) is 17.2. The lowest BCUT2D eigenvalue weighted by atomic mass is 10.1. The fourth-order valence-electron chi connectivity index (χ4n) is 2.83. The van der Waals surface area contributed by atoms with Crippen molar-refractivity contribution in [1.82, 2.24) is 9.88 Å². The average molecular weight is 341 g/mol. The summed E-state index contributed by atoms with van der Waals surface area (Å²) in [4.78, 5) is 19.0. The fraction of sp³-hybridized carbons (Fsp3) is 0.368. The molecule has 2 heterocycles. The third kappa shape index (κ3) is 4.48. The van der Waals surface area contributed by atoms with Crippen LogP contribution in [-0.4, -0.2) is 49.1 Å². The summed E-state index contributed by atoms with van der Waals surface area (Å²) >= 11 is 0.